The second-order valence-electron chi connectivity index (χ2n) is 6.15. The molecule has 150 valence electrons. The third kappa shape index (κ3) is 5.07. The van der Waals surface area contributed by atoms with E-state index in [2.05, 4.69) is 15.5 Å². The van der Waals surface area contributed by atoms with Gasteiger partial charge in [0.05, 0.1) is 18.6 Å². The molecule has 9 nitrogen and oxygen atoms in total. The molecule has 3 rings (SSSR count). The number of para-hydroxylation sites is 1. The van der Waals surface area contributed by atoms with Crippen molar-refractivity contribution in [2.75, 3.05) is 42.4 Å². The van der Waals surface area contributed by atoms with Crippen molar-refractivity contribution in [2.45, 2.75) is 10.8 Å². The van der Waals surface area contributed by atoms with Crippen molar-refractivity contribution in [1.29, 1.82) is 0 Å². The SMILES string of the molecule is CN(CC(=O)Nc1nnc(SCC(=O)N2CCc3ccccc32)s1)S(C)(=O)=O. The molecule has 0 bridgehead atoms. The van der Waals surface area contributed by atoms with E-state index in [1.54, 1.807) is 4.90 Å². The molecule has 28 heavy (non-hydrogen) atoms. The van der Waals surface area contributed by atoms with Gasteiger partial charge in [0.1, 0.15) is 0 Å². The van der Waals surface area contributed by atoms with E-state index in [0.717, 1.165) is 34.0 Å². The van der Waals surface area contributed by atoms with Crippen molar-refractivity contribution in [1.82, 2.24) is 14.5 Å². The predicted octanol–water partition coefficient (Wildman–Crippen LogP) is 1.05. The van der Waals surface area contributed by atoms with E-state index < -0.39 is 15.9 Å². The van der Waals surface area contributed by atoms with Crippen LogP contribution in [0.4, 0.5) is 10.8 Å². The van der Waals surface area contributed by atoms with Gasteiger partial charge in [-0.1, -0.05) is 41.3 Å². The molecule has 1 aromatic heterocycles. The van der Waals surface area contributed by atoms with Crippen LogP contribution < -0.4 is 10.2 Å². The number of likely N-dealkylation sites (N-methyl/N-ethyl adjacent to an activating group) is 1. The van der Waals surface area contributed by atoms with Crippen molar-refractivity contribution < 1.29 is 18.0 Å². The Kier molecular flexibility index (Phi) is 6.33. The van der Waals surface area contributed by atoms with Crippen LogP contribution in [0.5, 0.6) is 0 Å². The Morgan fingerprint density at radius 2 is 2.07 bits per heavy atom. The molecule has 0 atom stereocenters. The molecule has 0 spiro atoms. The maximum absolute atomic E-state index is 12.5. The average Bonchev–Trinajstić information content (AvgIpc) is 3.25. The van der Waals surface area contributed by atoms with Crippen LogP contribution in [0.25, 0.3) is 0 Å². The lowest BCUT2D eigenvalue weighted by Gasteiger charge is -2.16. The molecule has 0 unspecified atom stereocenters. The molecule has 2 heterocycles. The summed E-state index contributed by atoms with van der Waals surface area (Å²) in [7, 11) is -2.12. The third-order valence-corrected chi connectivity index (χ3v) is 7.31. The highest BCUT2D eigenvalue weighted by Crippen LogP contribution is 2.30. The third-order valence-electron chi connectivity index (χ3n) is 4.09. The Bertz CT molecular complexity index is 992. The fraction of sp³-hybridized carbons (Fsp3) is 0.375. The lowest BCUT2D eigenvalue weighted by atomic mass is 10.2. The number of aromatic nitrogens is 2. The predicted molar refractivity (Wildman–Crippen MR) is 109 cm³/mol. The molecule has 0 saturated heterocycles. The minimum absolute atomic E-state index is 0.00878. The van der Waals surface area contributed by atoms with E-state index in [-0.39, 0.29) is 23.3 Å². The van der Waals surface area contributed by atoms with Gasteiger partial charge >= 0.3 is 0 Å². The quantitative estimate of drug-likeness (QED) is 0.505. The van der Waals surface area contributed by atoms with Crippen LogP contribution >= 0.6 is 23.1 Å². The number of carbonyl (C=O) groups is 2. The Hall–Kier alpha value is -2.02. The number of hydrogen-bond donors (Lipinski definition) is 1. The van der Waals surface area contributed by atoms with Crippen LogP contribution in [0.3, 0.4) is 0 Å². The number of nitrogens with one attached hydrogen (secondary N) is 1. The fourth-order valence-electron chi connectivity index (χ4n) is 2.60. The van der Waals surface area contributed by atoms with Crippen molar-refractivity contribution in [3.05, 3.63) is 29.8 Å². The van der Waals surface area contributed by atoms with Gasteiger partial charge in [0.15, 0.2) is 4.34 Å². The molecule has 1 aliphatic rings. The van der Waals surface area contributed by atoms with Crippen molar-refractivity contribution in [3.8, 4) is 0 Å². The van der Waals surface area contributed by atoms with Gasteiger partial charge in [0.25, 0.3) is 0 Å². The first kappa shape index (κ1) is 20.7. The largest absolute Gasteiger partial charge is 0.311 e. The highest BCUT2D eigenvalue weighted by atomic mass is 32.2. The topological polar surface area (TPSA) is 113 Å². The normalized spacial score (nSPS) is 13.6. The summed E-state index contributed by atoms with van der Waals surface area (Å²) in [5, 5.41) is 10.6. The zero-order valence-corrected chi connectivity index (χ0v) is 17.7. The Morgan fingerprint density at radius 3 is 2.82 bits per heavy atom. The molecule has 1 aliphatic heterocycles. The molecule has 2 aromatic rings. The summed E-state index contributed by atoms with van der Waals surface area (Å²) in [5.41, 5.74) is 2.12. The molecule has 0 aliphatic carbocycles. The summed E-state index contributed by atoms with van der Waals surface area (Å²) in [6.07, 6.45) is 1.87. The van der Waals surface area contributed by atoms with E-state index in [1.165, 1.54) is 24.4 Å². The first-order valence-corrected chi connectivity index (χ1v) is 11.9. The highest BCUT2D eigenvalue weighted by Gasteiger charge is 2.24. The van der Waals surface area contributed by atoms with E-state index in [1.807, 2.05) is 24.3 Å². The maximum Gasteiger partial charge on any atom is 0.241 e. The first-order valence-electron chi connectivity index (χ1n) is 8.30. The molecule has 12 heteroatoms. The standard InChI is InChI=1S/C16H19N5O4S3/c1-20(28(2,24)25)9-13(22)17-15-18-19-16(27-15)26-10-14(23)21-8-7-11-5-3-4-6-12(11)21/h3-6H,7-10H2,1-2H3,(H,17,18,22). The maximum atomic E-state index is 12.5. The number of thioether (sulfide) groups is 1. The van der Waals surface area contributed by atoms with Crippen LogP contribution in [0, 0.1) is 0 Å². The van der Waals surface area contributed by atoms with Crippen LogP contribution in [-0.2, 0) is 26.0 Å². The Labute approximate surface area is 171 Å². The number of carbonyl (C=O) groups excluding carboxylic acids is 2. The zero-order valence-electron chi connectivity index (χ0n) is 15.3. The van der Waals surface area contributed by atoms with E-state index in [0.29, 0.717) is 10.9 Å². The van der Waals surface area contributed by atoms with Crippen molar-refractivity contribution >= 4 is 55.8 Å². The molecule has 0 fully saturated rings. The number of sulfonamides is 1. The minimum atomic E-state index is -3.44. The number of benzene rings is 1. The molecule has 2 amide bonds. The highest BCUT2D eigenvalue weighted by molar-refractivity contribution is 8.01. The number of rotatable bonds is 7. The second-order valence-corrected chi connectivity index (χ2v) is 10.4. The monoisotopic (exact) mass is 441 g/mol. The first-order chi connectivity index (χ1) is 13.2. The average molecular weight is 442 g/mol. The van der Waals surface area contributed by atoms with E-state index >= 15 is 0 Å². The molecule has 1 aromatic carbocycles. The smallest absolute Gasteiger partial charge is 0.241 e. The summed E-state index contributed by atoms with van der Waals surface area (Å²) >= 11 is 2.39. The summed E-state index contributed by atoms with van der Waals surface area (Å²) in [6, 6.07) is 7.85. The van der Waals surface area contributed by atoms with Crippen LogP contribution in [0.2, 0.25) is 0 Å². The van der Waals surface area contributed by atoms with Gasteiger partial charge in [-0.15, -0.1) is 10.2 Å². The van der Waals surface area contributed by atoms with Gasteiger partial charge in [-0.05, 0) is 18.1 Å². The number of anilines is 2. The number of fused-ring (bicyclic) bond motifs is 1. The lowest BCUT2D eigenvalue weighted by Crippen LogP contribution is -2.34. The van der Waals surface area contributed by atoms with Gasteiger partial charge in [-0.2, -0.15) is 4.31 Å². The van der Waals surface area contributed by atoms with Gasteiger partial charge in [0, 0.05) is 19.3 Å². The van der Waals surface area contributed by atoms with Crippen LogP contribution in [0.15, 0.2) is 28.6 Å². The molecule has 0 saturated carbocycles. The molecule has 0 radical (unpaired) electrons. The fourth-order valence-corrected chi connectivity index (χ4v) is 4.59. The number of amides is 2. The van der Waals surface area contributed by atoms with Gasteiger partial charge in [-0.25, -0.2) is 8.42 Å². The molecular weight excluding hydrogens is 422 g/mol. The van der Waals surface area contributed by atoms with Crippen LogP contribution in [-0.4, -0.2) is 66.9 Å². The number of nitrogens with zero attached hydrogens (tertiary/aromatic N) is 4. The van der Waals surface area contributed by atoms with E-state index in [9.17, 15) is 18.0 Å². The molecule has 1 N–H and O–H groups in total. The summed E-state index contributed by atoms with van der Waals surface area (Å²) < 4.78 is 24.2. The Balaban J connectivity index is 1.51. The summed E-state index contributed by atoms with van der Waals surface area (Å²) in [5.74, 6) is -0.302. The van der Waals surface area contributed by atoms with Gasteiger partial charge in [0.2, 0.25) is 27.0 Å². The van der Waals surface area contributed by atoms with Crippen LogP contribution in [0.1, 0.15) is 5.56 Å². The van der Waals surface area contributed by atoms with Crippen molar-refractivity contribution in [2.24, 2.45) is 0 Å². The molecular formula is C16H19N5O4S3. The van der Waals surface area contributed by atoms with E-state index in [4.69, 9.17) is 0 Å². The summed E-state index contributed by atoms with van der Waals surface area (Å²) in [6.45, 7) is 0.359. The van der Waals surface area contributed by atoms with Gasteiger partial charge in [-0.3, -0.25) is 14.9 Å². The zero-order chi connectivity index (χ0) is 20.3. The second kappa shape index (κ2) is 8.55. The van der Waals surface area contributed by atoms with Crippen molar-refractivity contribution in [3.63, 3.8) is 0 Å². The minimum Gasteiger partial charge on any atom is -0.311 e. The number of hydrogen-bond acceptors (Lipinski definition) is 8. The van der Waals surface area contributed by atoms with Gasteiger partial charge < -0.3 is 4.90 Å². The Morgan fingerprint density at radius 1 is 1.32 bits per heavy atom. The lowest BCUT2D eigenvalue weighted by molar-refractivity contribution is -0.117. The summed E-state index contributed by atoms with van der Waals surface area (Å²) in [4.78, 5) is 26.2.